The molecule has 0 N–H and O–H groups in total. The van der Waals surface area contributed by atoms with Crippen molar-refractivity contribution in [2.75, 3.05) is 11.6 Å². The molecule has 1 aliphatic rings. The predicted molar refractivity (Wildman–Crippen MR) is 132 cm³/mol. The Bertz CT molecular complexity index is 1390. The van der Waals surface area contributed by atoms with Gasteiger partial charge >= 0.3 is 0 Å². The van der Waals surface area contributed by atoms with E-state index in [0.717, 1.165) is 23.4 Å². The van der Waals surface area contributed by atoms with Gasteiger partial charge in [-0.3, -0.25) is 4.99 Å². The predicted octanol–water partition coefficient (Wildman–Crippen LogP) is 5.83. The molecule has 0 bridgehead atoms. The van der Waals surface area contributed by atoms with Crippen LogP contribution in [0.25, 0.3) is 27.3 Å². The molecule has 1 aliphatic heterocycles. The van der Waals surface area contributed by atoms with Crippen molar-refractivity contribution in [1.82, 2.24) is 14.6 Å². The lowest BCUT2D eigenvalue weighted by atomic mass is 10.1. The second kappa shape index (κ2) is 7.73. The maximum atomic E-state index is 4.63. The summed E-state index contributed by atoms with van der Waals surface area (Å²) in [6.07, 6.45) is 5.71. The van der Waals surface area contributed by atoms with Crippen LogP contribution in [0.4, 0.5) is 5.69 Å². The number of aliphatic imine (C=N–C) groups is 1. The zero-order valence-corrected chi connectivity index (χ0v) is 18.5. The van der Waals surface area contributed by atoms with Crippen molar-refractivity contribution in [3.05, 3.63) is 95.1 Å². The summed E-state index contributed by atoms with van der Waals surface area (Å²) in [6.45, 7) is 3.68. The Kier molecular flexibility index (Phi) is 4.58. The summed E-state index contributed by atoms with van der Waals surface area (Å²) in [5, 5.41) is 4.63. The Morgan fingerprint density at radius 1 is 0.969 bits per heavy atom. The van der Waals surface area contributed by atoms with Crippen LogP contribution in [0.3, 0.4) is 0 Å². The largest absolute Gasteiger partial charge is 0.347 e. The van der Waals surface area contributed by atoms with Gasteiger partial charge < -0.3 is 4.90 Å². The molecule has 6 rings (SSSR count). The summed E-state index contributed by atoms with van der Waals surface area (Å²) in [7, 11) is 0. The molecule has 32 heavy (non-hydrogen) atoms. The van der Waals surface area contributed by atoms with E-state index >= 15 is 0 Å². The third kappa shape index (κ3) is 3.48. The van der Waals surface area contributed by atoms with Crippen LogP contribution in [0.1, 0.15) is 16.0 Å². The molecule has 0 aliphatic carbocycles. The number of aromatic nitrogens is 3. The SMILES string of the molecule is Cc1ccc(CN2CN=Cc3sc(-c4ccc(-c5cc6ncccn6n5)cc4)cc32)cc1. The molecule has 0 amide bonds. The van der Waals surface area contributed by atoms with E-state index in [4.69, 9.17) is 0 Å². The van der Waals surface area contributed by atoms with Crippen LogP contribution < -0.4 is 4.90 Å². The highest BCUT2D eigenvalue weighted by Crippen LogP contribution is 2.38. The van der Waals surface area contributed by atoms with Gasteiger partial charge in [0.1, 0.15) is 6.67 Å². The Labute approximate surface area is 190 Å². The topological polar surface area (TPSA) is 45.8 Å². The highest BCUT2D eigenvalue weighted by molar-refractivity contribution is 7.17. The van der Waals surface area contributed by atoms with Crippen LogP contribution in [0.2, 0.25) is 0 Å². The first-order chi connectivity index (χ1) is 15.7. The van der Waals surface area contributed by atoms with E-state index in [2.05, 4.69) is 81.5 Å². The molecule has 0 atom stereocenters. The minimum Gasteiger partial charge on any atom is -0.347 e. The third-order valence-electron chi connectivity index (χ3n) is 5.74. The Morgan fingerprint density at radius 2 is 1.78 bits per heavy atom. The van der Waals surface area contributed by atoms with Crippen LogP contribution in [-0.2, 0) is 6.54 Å². The summed E-state index contributed by atoms with van der Waals surface area (Å²) in [5.74, 6) is 0. The molecule has 0 unspecified atom stereocenters. The highest BCUT2D eigenvalue weighted by atomic mass is 32.1. The molecule has 0 saturated heterocycles. The smallest absolute Gasteiger partial charge is 0.155 e. The number of nitrogens with zero attached hydrogens (tertiary/aromatic N) is 5. The number of rotatable bonds is 4. The number of fused-ring (bicyclic) bond motifs is 2. The van der Waals surface area contributed by atoms with Crippen LogP contribution >= 0.6 is 11.3 Å². The van der Waals surface area contributed by atoms with E-state index in [1.807, 2.05) is 24.5 Å². The van der Waals surface area contributed by atoms with Gasteiger partial charge in [-0.05, 0) is 30.2 Å². The molecule has 0 spiro atoms. The molecular weight excluding hydrogens is 414 g/mol. The number of hydrogen-bond donors (Lipinski definition) is 0. The van der Waals surface area contributed by atoms with Crippen LogP contribution in [0.5, 0.6) is 0 Å². The third-order valence-corrected chi connectivity index (χ3v) is 6.85. The lowest BCUT2D eigenvalue weighted by molar-refractivity contribution is 0.809. The lowest BCUT2D eigenvalue weighted by Crippen LogP contribution is -2.25. The summed E-state index contributed by atoms with van der Waals surface area (Å²) < 4.78 is 1.80. The van der Waals surface area contributed by atoms with Gasteiger partial charge in [-0.15, -0.1) is 11.3 Å². The van der Waals surface area contributed by atoms with Gasteiger partial charge in [-0.25, -0.2) is 9.50 Å². The molecule has 3 aromatic heterocycles. The molecule has 2 aromatic carbocycles. The molecule has 0 fully saturated rings. The number of thiophene rings is 1. The van der Waals surface area contributed by atoms with Crippen LogP contribution in [0, 0.1) is 6.92 Å². The van der Waals surface area contributed by atoms with E-state index in [-0.39, 0.29) is 0 Å². The monoisotopic (exact) mass is 435 g/mol. The molecule has 0 radical (unpaired) electrons. The van der Waals surface area contributed by atoms with E-state index in [1.165, 1.54) is 32.1 Å². The molecule has 4 heterocycles. The van der Waals surface area contributed by atoms with Crippen molar-refractivity contribution in [1.29, 1.82) is 0 Å². The van der Waals surface area contributed by atoms with Crippen molar-refractivity contribution < 1.29 is 0 Å². The van der Waals surface area contributed by atoms with E-state index < -0.39 is 0 Å². The Hall–Kier alpha value is -3.77. The Morgan fingerprint density at radius 3 is 2.59 bits per heavy atom. The van der Waals surface area contributed by atoms with E-state index in [9.17, 15) is 0 Å². The second-order valence-electron chi connectivity index (χ2n) is 8.03. The number of aryl methyl sites for hydroxylation is 1. The first kappa shape index (κ1) is 19.0. The van der Waals surface area contributed by atoms with Gasteiger partial charge in [-0.2, -0.15) is 5.10 Å². The highest BCUT2D eigenvalue weighted by Gasteiger charge is 2.19. The van der Waals surface area contributed by atoms with Gasteiger partial charge in [0.25, 0.3) is 0 Å². The summed E-state index contributed by atoms with van der Waals surface area (Å²) in [5.41, 5.74) is 7.92. The summed E-state index contributed by atoms with van der Waals surface area (Å²) in [6, 6.07) is 23.5. The number of benzene rings is 2. The molecule has 5 nitrogen and oxygen atoms in total. The molecular formula is C26H21N5S. The van der Waals surface area contributed by atoms with Gasteiger partial charge in [0.2, 0.25) is 0 Å². The van der Waals surface area contributed by atoms with Gasteiger partial charge in [0.05, 0.1) is 16.3 Å². The average Bonchev–Trinajstić information content (AvgIpc) is 3.46. The maximum Gasteiger partial charge on any atom is 0.155 e. The number of anilines is 1. The fourth-order valence-corrected chi connectivity index (χ4v) is 5.08. The maximum absolute atomic E-state index is 4.63. The van der Waals surface area contributed by atoms with Gasteiger partial charge in [-0.1, -0.05) is 54.1 Å². The van der Waals surface area contributed by atoms with Crippen molar-refractivity contribution in [3.8, 4) is 21.7 Å². The summed E-state index contributed by atoms with van der Waals surface area (Å²) in [4.78, 5) is 13.8. The standard InChI is InChI=1S/C26H21N5S/c1-18-3-5-19(6-4-18)16-30-17-27-15-25-23(30)14-24(32-25)21-9-7-20(8-10-21)22-13-26-28-11-2-12-31(26)29-22/h2-15H,16-17H2,1H3. The molecule has 156 valence electrons. The van der Waals surface area contributed by atoms with Gasteiger partial charge in [0.15, 0.2) is 5.65 Å². The minimum absolute atomic E-state index is 0.692. The average molecular weight is 436 g/mol. The quantitative estimate of drug-likeness (QED) is 0.357. The second-order valence-corrected chi connectivity index (χ2v) is 9.11. The van der Waals surface area contributed by atoms with E-state index in [1.54, 1.807) is 22.0 Å². The van der Waals surface area contributed by atoms with Crippen LogP contribution in [-0.4, -0.2) is 27.5 Å². The zero-order valence-electron chi connectivity index (χ0n) is 17.6. The van der Waals surface area contributed by atoms with Crippen LogP contribution in [0.15, 0.2) is 84.1 Å². The van der Waals surface area contributed by atoms with Crippen molar-refractivity contribution in [2.24, 2.45) is 4.99 Å². The fourth-order valence-electron chi connectivity index (χ4n) is 4.00. The molecule has 6 heteroatoms. The number of hydrogen-bond acceptors (Lipinski definition) is 5. The first-order valence-electron chi connectivity index (χ1n) is 10.6. The summed E-state index contributed by atoms with van der Waals surface area (Å²) >= 11 is 1.79. The normalized spacial score (nSPS) is 13.0. The molecule has 0 saturated carbocycles. The minimum atomic E-state index is 0.692. The lowest BCUT2D eigenvalue weighted by Gasteiger charge is -2.25. The van der Waals surface area contributed by atoms with Crippen molar-refractivity contribution in [2.45, 2.75) is 13.5 Å². The van der Waals surface area contributed by atoms with Crippen molar-refractivity contribution >= 4 is 28.9 Å². The zero-order chi connectivity index (χ0) is 21.5. The fraction of sp³-hybridized carbons (Fsp3) is 0.115. The van der Waals surface area contributed by atoms with E-state index in [0.29, 0.717) is 6.67 Å². The Balaban J connectivity index is 1.27. The first-order valence-corrected chi connectivity index (χ1v) is 11.4. The molecule has 5 aromatic rings. The van der Waals surface area contributed by atoms with Gasteiger partial charge in [0, 0.05) is 41.7 Å². The van der Waals surface area contributed by atoms with Crippen molar-refractivity contribution in [3.63, 3.8) is 0 Å².